The number of hydrogen-bond donors (Lipinski definition) is 3. The zero-order chi connectivity index (χ0) is 10.4. The number of carbonyl (C=O) groups is 2. The van der Waals surface area contributed by atoms with Crippen molar-refractivity contribution in [2.24, 2.45) is 0 Å². The lowest BCUT2D eigenvalue weighted by atomic mass is 9.86. The second-order valence-corrected chi connectivity index (χ2v) is 4.25. The predicted molar refractivity (Wildman–Crippen MR) is 47.0 cm³/mol. The molecule has 2 rings (SSSR count). The van der Waals surface area contributed by atoms with Gasteiger partial charge in [0.2, 0.25) is 0 Å². The molecule has 0 amide bonds. The van der Waals surface area contributed by atoms with Crippen molar-refractivity contribution in [3.8, 4) is 0 Å². The molecule has 2 aliphatic heterocycles. The van der Waals surface area contributed by atoms with E-state index in [1.807, 2.05) is 0 Å². The van der Waals surface area contributed by atoms with Crippen molar-refractivity contribution in [1.29, 1.82) is 0 Å². The molecule has 0 aromatic rings. The Kier molecular flexibility index (Phi) is 1.82. The molecular weight excluding hydrogens is 186 g/mol. The lowest BCUT2D eigenvalue weighted by Crippen LogP contribution is -2.61. The Bertz CT molecular complexity index is 275. The second-order valence-electron chi connectivity index (χ2n) is 4.25. The highest BCUT2D eigenvalue weighted by atomic mass is 16.4. The third-order valence-corrected chi connectivity index (χ3v) is 3.48. The van der Waals surface area contributed by atoms with Gasteiger partial charge in [-0.3, -0.25) is 14.9 Å². The van der Waals surface area contributed by atoms with Crippen LogP contribution in [0.2, 0.25) is 0 Å². The molecule has 2 unspecified atom stereocenters. The van der Waals surface area contributed by atoms with Gasteiger partial charge < -0.3 is 10.2 Å². The van der Waals surface area contributed by atoms with E-state index in [0.717, 1.165) is 0 Å². The minimum absolute atomic E-state index is 0.425. The minimum Gasteiger partial charge on any atom is -0.480 e. The summed E-state index contributed by atoms with van der Waals surface area (Å²) in [6, 6.07) is 0. The molecule has 5 heteroatoms. The molecule has 3 N–H and O–H groups in total. The number of rotatable bonds is 2. The highest BCUT2D eigenvalue weighted by molar-refractivity contribution is 5.86. The summed E-state index contributed by atoms with van der Waals surface area (Å²) in [5, 5.41) is 20.9. The quantitative estimate of drug-likeness (QED) is 0.591. The first kappa shape index (κ1) is 9.45. The average Bonchev–Trinajstić information content (AvgIpc) is 2.41. The van der Waals surface area contributed by atoms with Crippen LogP contribution in [0.5, 0.6) is 0 Å². The van der Waals surface area contributed by atoms with E-state index in [9.17, 15) is 9.59 Å². The molecule has 0 aromatic carbocycles. The molecule has 0 saturated carbocycles. The van der Waals surface area contributed by atoms with Gasteiger partial charge in [-0.1, -0.05) is 0 Å². The van der Waals surface area contributed by atoms with Crippen molar-refractivity contribution in [2.45, 2.75) is 43.2 Å². The van der Waals surface area contributed by atoms with Gasteiger partial charge in [0, 0.05) is 0 Å². The Morgan fingerprint density at radius 3 is 1.71 bits per heavy atom. The summed E-state index contributed by atoms with van der Waals surface area (Å²) < 4.78 is 0. The Hall–Kier alpha value is -1.10. The van der Waals surface area contributed by atoms with Gasteiger partial charge in [-0.25, -0.2) is 0 Å². The molecule has 2 fully saturated rings. The molecule has 14 heavy (non-hydrogen) atoms. The molecule has 5 nitrogen and oxygen atoms in total. The standard InChI is InChI=1S/C9H13NO4/c11-6(12)8-2-1-3-9(10-8,5-4-8)7(13)14/h10H,1-5H2,(H,11,12)(H,13,14). The maximum absolute atomic E-state index is 11.0. The van der Waals surface area contributed by atoms with E-state index in [2.05, 4.69) is 5.32 Å². The average molecular weight is 199 g/mol. The number of carboxylic acid groups (broad SMARTS) is 2. The van der Waals surface area contributed by atoms with Crippen molar-refractivity contribution < 1.29 is 19.8 Å². The van der Waals surface area contributed by atoms with E-state index in [4.69, 9.17) is 10.2 Å². The van der Waals surface area contributed by atoms with Crippen LogP contribution >= 0.6 is 0 Å². The van der Waals surface area contributed by atoms with Gasteiger partial charge in [0.1, 0.15) is 11.1 Å². The maximum atomic E-state index is 11.0. The highest BCUT2D eigenvalue weighted by Crippen LogP contribution is 2.42. The minimum atomic E-state index is -0.976. The van der Waals surface area contributed by atoms with E-state index < -0.39 is 23.0 Å². The highest BCUT2D eigenvalue weighted by Gasteiger charge is 2.58. The molecular formula is C9H13NO4. The van der Waals surface area contributed by atoms with E-state index in [-0.39, 0.29) is 0 Å². The SMILES string of the molecule is O=C(O)C12CCCC(C(=O)O)(CC1)N2. The number of piperidine rings is 1. The van der Waals surface area contributed by atoms with Gasteiger partial charge in [0.05, 0.1) is 0 Å². The van der Waals surface area contributed by atoms with E-state index >= 15 is 0 Å². The molecule has 0 aromatic heterocycles. The lowest BCUT2D eigenvalue weighted by Gasteiger charge is -2.35. The number of fused-ring (bicyclic) bond motifs is 2. The number of hydrogen-bond acceptors (Lipinski definition) is 3. The summed E-state index contributed by atoms with van der Waals surface area (Å²) in [6.07, 6.45) is 2.60. The molecule has 2 aliphatic rings. The smallest absolute Gasteiger partial charge is 0.323 e. The molecule has 2 bridgehead atoms. The first-order valence-electron chi connectivity index (χ1n) is 4.77. The summed E-state index contributed by atoms with van der Waals surface area (Å²) in [6.45, 7) is 0. The van der Waals surface area contributed by atoms with Crippen LogP contribution in [-0.4, -0.2) is 33.2 Å². The summed E-state index contributed by atoms with van der Waals surface area (Å²) >= 11 is 0. The van der Waals surface area contributed by atoms with Crippen LogP contribution in [-0.2, 0) is 9.59 Å². The molecule has 2 atom stereocenters. The van der Waals surface area contributed by atoms with Crippen molar-refractivity contribution in [3.05, 3.63) is 0 Å². The fraction of sp³-hybridized carbons (Fsp3) is 0.778. The summed E-state index contributed by atoms with van der Waals surface area (Å²) in [5.74, 6) is -1.83. The third kappa shape index (κ3) is 1.05. The third-order valence-electron chi connectivity index (χ3n) is 3.48. The van der Waals surface area contributed by atoms with Crippen LogP contribution in [0, 0.1) is 0 Å². The van der Waals surface area contributed by atoms with Crippen LogP contribution in [0.4, 0.5) is 0 Å². The summed E-state index contributed by atoms with van der Waals surface area (Å²) in [7, 11) is 0. The van der Waals surface area contributed by atoms with E-state index in [1.165, 1.54) is 0 Å². The van der Waals surface area contributed by atoms with Gasteiger partial charge in [-0.15, -0.1) is 0 Å². The van der Waals surface area contributed by atoms with Crippen molar-refractivity contribution in [2.75, 3.05) is 0 Å². The van der Waals surface area contributed by atoms with Gasteiger partial charge in [-0.2, -0.15) is 0 Å². The fourth-order valence-electron chi connectivity index (χ4n) is 2.61. The Labute approximate surface area is 81.1 Å². The topological polar surface area (TPSA) is 86.6 Å². The molecule has 2 heterocycles. The number of carboxylic acids is 2. The first-order chi connectivity index (χ1) is 6.51. The van der Waals surface area contributed by atoms with Gasteiger partial charge >= 0.3 is 11.9 Å². The zero-order valence-electron chi connectivity index (χ0n) is 7.75. The van der Waals surface area contributed by atoms with Gasteiger partial charge in [0.15, 0.2) is 0 Å². The Balaban J connectivity index is 2.30. The van der Waals surface area contributed by atoms with Crippen LogP contribution in [0.1, 0.15) is 32.1 Å². The number of aliphatic carboxylic acids is 2. The van der Waals surface area contributed by atoms with Gasteiger partial charge in [-0.05, 0) is 32.1 Å². The maximum Gasteiger partial charge on any atom is 0.323 e. The molecule has 2 saturated heterocycles. The van der Waals surface area contributed by atoms with Crippen molar-refractivity contribution in [1.82, 2.24) is 5.32 Å². The summed E-state index contributed by atoms with van der Waals surface area (Å²) in [4.78, 5) is 22.1. The normalized spacial score (nSPS) is 40.9. The first-order valence-corrected chi connectivity index (χ1v) is 4.77. The molecule has 0 aliphatic carbocycles. The van der Waals surface area contributed by atoms with Crippen molar-refractivity contribution >= 4 is 11.9 Å². The molecule has 0 spiro atoms. The Morgan fingerprint density at radius 2 is 1.36 bits per heavy atom. The largest absolute Gasteiger partial charge is 0.480 e. The molecule has 78 valence electrons. The second kappa shape index (κ2) is 2.70. The van der Waals surface area contributed by atoms with Crippen molar-refractivity contribution in [3.63, 3.8) is 0 Å². The van der Waals surface area contributed by atoms with Gasteiger partial charge in [0.25, 0.3) is 0 Å². The van der Waals surface area contributed by atoms with Crippen LogP contribution in [0.15, 0.2) is 0 Å². The Morgan fingerprint density at radius 1 is 0.929 bits per heavy atom. The monoisotopic (exact) mass is 199 g/mol. The summed E-state index contributed by atoms with van der Waals surface area (Å²) in [5.41, 5.74) is -1.95. The fourth-order valence-corrected chi connectivity index (χ4v) is 2.61. The molecule has 0 radical (unpaired) electrons. The lowest BCUT2D eigenvalue weighted by molar-refractivity contribution is -0.150. The van der Waals surface area contributed by atoms with Crippen LogP contribution < -0.4 is 5.32 Å². The van der Waals surface area contributed by atoms with Crippen LogP contribution in [0.3, 0.4) is 0 Å². The predicted octanol–water partition coefficient (Wildman–Crippen LogP) is 0.200. The van der Waals surface area contributed by atoms with E-state index in [1.54, 1.807) is 0 Å². The van der Waals surface area contributed by atoms with Crippen LogP contribution in [0.25, 0.3) is 0 Å². The zero-order valence-corrected chi connectivity index (χ0v) is 7.75. The number of nitrogens with one attached hydrogen (secondary N) is 1. The van der Waals surface area contributed by atoms with E-state index in [0.29, 0.717) is 32.1 Å².